The second kappa shape index (κ2) is 9.37. The number of carbonyl (C=O) groups is 2. The van der Waals surface area contributed by atoms with Crippen molar-refractivity contribution in [2.75, 3.05) is 26.0 Å². The van der Waals surface area contributed by atoms with Gasteiger partial charge in [-0.2, -0.15) is 0 Å². The summed E-state index contributed by atoms with van der Waals surface area (Å²) in [5.41, 5.74) is 6.22. The first-order chi connectivity index (χ1) is 15.4. The van der Waals surface area contributed by atoms with Crippen LogP contribution in [0.4, 0.5) is 5.69 Å². The van der Waals surface area contributed by atoms with Crippen LogP contribution < -0.4 is 5.32 Å². The van der Waals surface area contributed by atoms with E-state index in [4.69, 9.17) is 5.11 Å². The molecule has 0 bridgehead atoms. The van der Waals surface area contributed by atoms with Gasteiger partial charge in [-0.05, 0) is 97.9 Å². The molecule has 0 radical (unpaired) electrons. The van der Waals surface area contributed by atoms with E-state index in [0.29, 0.717) is 11.5 Å². The highest BCUT2D eigenvalue weighted by Crippen LogP contribution is 2.28. The van der Waals surface area contributed by atoms with Crippen LogP contribution in [0.15, 0.2) is 66.7 Å². The third kappa shape index (κ3) is 5.06. The molecule has 0 fully saturated rings. The van der Waals surface area contributed by atoms with Crippen LogP contribution in [0.3, 0.4) is 0 Å². The van der Waals surface area contributed by atoms with Gasteiger partial charge in [-0.1, -0.05) is 30.3 Å². The SMILES string of the molecule is CN(C)CC1CCc2cc(NC(=O)c3ccc(-c4ccc(C(=O)O)cc4)cc3)ccc2C1. The smallest absolute Gasteiger partial charge is 0.335 e. The van der Waals surface area contributed by atoms with Crippen LogP contribution in [0.25, 0.3) is 11.1 Å². The van der Waals surface area contributed by atoms with Gasteiger partial charge in [0, 0.05) is 17.8 Å². The first-order valence-corrected chi connectivity index (χ1v) is 10.9. The summed E-state index contributed by atoms with van der Waals surface area (Å²) in [5, 5.41) is 12.0. The Balaban J connectivity index is 1.41. The van der Waals surface area contributed by atoms with Gasteiger partial charge in [0.15, 0.2) is 0 Å². The molecule has 0 saturated heterocycles. The van der Waals surface area contributed by atoms with Crippen molar-refractivity contribution in [2.45, 2.75) is 19.3 Å². The molecule has 164 valence electrons. The zero-order valence-corrected chi connectivity index (χ0v) is 18.5. The highest BCUT2D eigenvalue weighted by atomic mass is 16.4. The molecule has 1 aliphatic carbocycles. The maximum absolute atomic E-state index is 12.7. The molecule has 5 nitrogen and oxygen atoms in total. The number of nitrogens with zero attached hydrogens (tertiary/aromatic N) is 1. The summed E-state index contributed by atoms with van der Waals surface area (Å²) in [6.45, 7) is 1.11. The van der Waals surface area contributed by atoms with E-state index in [-0.39, 0.29) is 11.5 Å². The average Bonchev–Trinajstić information content (AvgIpc) is 2.79. The van der Waals surface area contributed by atoms with Crippen molar-refractivity contribution in [2.24, 2.45) is 5.92 Å². The minimum absolute atomic E-state index is 0.140. The minimum Gasteiger partial charge on any atom is -0.478 e. The van der Waals surface area contributed by atoms with Crippen molar-refractivity contribution in [3.8, 4) is 11.1 Å². The predicted octanol–water partition coefficient (Wildman–Crippen LogP) is 4.97. The van der Waals surface area contributed by atoms with E-state index in [1.165, 1.54) is 17.5 Å². The molecule has 3 aromatic carbocycles. The number of anilines is 1. The monoisotopic (exact) mass is 428 g/mol. The normalized spacial score (nSPS) is 15.3. The number of fused-ring (bicyclic) bond motifs is 1. The van der Waals surface area contributed by atoms with Crippen LogP contribution in [0, 0.1) is 5.92 Å². The number of aryl methyl sites for hydroxylation is 1. The third-order valence-corrected chi connectivity index (χ3v) is 6.03. The number of hydrogen-bond acceptors (Lipinski definition) is 3. The van der Waals surface area contributed by atoms with Gasteiger partial charge < -0.3 is 15.3 Å². The number of rotatable bonds is 6. The quantitative estimate of drug-likeness (QED) is 0.582. The van der Waals surface area contributed by atoms with Crippen molar-refractivity contribution in [3.63, 3.8) is 0 Å². The molecular weight excluding hydrogens is 400 g/mol. The largest absolute Gasteiger partial charge is 0.478 e. The lowest BCUT2D eigenvalue weighted by molar-refractivity contribution is 0.0696. The molecule has 2 N–H and O–H groups in total. The van der Waals surface area contributed by atoms with Gasteiger partial charge in [0.2, 0.25) is 0 Å². The maximum atomic E-state index is 12.7. The fourth-order valence-corrected chi connectivity index (χ4v) is 4.40. The number of nitrogens with one attached hydrogen (secondary N) is 1. The number of carboxylic acid groups (broad SMARTS) is 1. The van der Waals surface area contributed by atoms with E-state index in [0.717, 1.165) is 36.2 Å². The van der Waals surface area contributed by atoms with Gasteiger partial charge in [0.05, 0.1) is 5.56 Å². The van der Waals surface area contributed by atoms with E-state index >= 15 is 0 Å². The van der Waals surface area contributed by atoms with Gasteiger partial charge in [-0.25, -0.2) is 4.79 Å². The fourth-order valence-electron chi connectivity index (χ4n) is 4.40. The number of hydrogen-bond donors (Lipinski definition) is 2. The molecule has 32 heavy (non-hydrogen) atoms. The molecule has 0 spiro atoms. The molecule has 1 atom stereocenters. The number of amides is 1. The second-order valence-electron chi connectivity index (χ2n) is 8.77. The summed E-state index contributed by atoms with van der Waals surface area (Å²) in [6, 6.07) is 20.3. The van der Waals surface area contributed by atoms with Crippen molar-refractivity contribution in [3.05, 3.63) is 89.0 Å². The van der Waals surface area contributed by atoms with Crippen LogP contribution in [0.2, 0.25) is 0 Å². The molecule has 5 heteroatoms. The standard InChI is InChI=1S/C27H28N2O3/c1-29(2)17-18-3-4-24-16-25(14-13-23(24)15-18)28-26(30)21-9-5-19(6-10-21)20-7-11-22(12-8-20)27(31)32/h5-14,16,18H,3-4,15,17H2,1-2H3,(H,28,30)(H,31,32). The van der Waals surface area contributed by atoms with Gasteiger partial charge in [0.25, 0.3) is 5.91 Å². The van der Waals surface area contributed by atoms with E-state index < -0.39 is 5.97 Å². The Bertz CT molecular complexity index is 1120. The highest BCUT2D eigenvalue weighted by molar-refractivity contribution is 6.04. The molecule has 1 aliphatic rings. The molecule has 0 aromatic heterocycles. The summed E-state index contributed by atoms with van der Waals surface area (Å²) in [4.78, 5) is 26.0. The van der Waals surface area contributed by atoms with E-state index in [1.807, 2.05) is 18.2 Å². The highest BCUT2D eigenvalue weighted by Gasteiger charge is 2.19. The van der Waals surface area contributed by atoms with Gasteiger partial charge in [0.1, 0.15) is 0 Å². The van der Waals surface area contributed by atoms with Gasteiger partial charge >= 0.3 is 5.97 Å². The predicted molar refractivity (Wildman–Crippen MR) is 127 cm³/mol. The molecule has 0 saturated carbocycles. The molecular formula is C27H28N2O3. The minimum atomic E-state index is -0.945. The van der Waals surface area contributed by atoms with Gasteiger partial charge in [-0.15, -0.1) is 0 Å². The van der Waals surface area contributed by atoms with E-state index in [9.17, 15) is 9.59 Å². The Kier molecular flexibility index (Phi) is 6.37. The Morgan fingerprint density at radius 2 is 1.53 bits per heavy atom. The lowest BCUT2D eigenvalue weighted by Gasteiger charge is -2.27. The Hall–Kier alpha value is -3.44. The molecule has 0 heterocycles. The van der Waals surface area contributed by atoms with Crippen LogP contribution in [-0.4, -0.2) is 42.5 Å². The fraction of sp³-hybridized carbons (Fsp3) is 0.259. The van der Waals surface area contributed by atoms with E-state index in [2.05, 4.69) is 36.4 Å². The summed E-state index contributed by atoms with van der Waals surface area (Å²) in [5.74, 6) is -0.394. The first kappa shape index (κ1) is 21.8. The molecule has 4 rings (SSSR count). The first-order valence-electron chi connectivity index (χ1n) is 10.9. The second-order valence-corrected chi connectivity index (χ2v) is 8.77. The Morgan fingerprint density at radius 3 is 2.12 bits per heavy atom. The third-order valence-electron chi connectivity index (χ3n) is 6.03. The number of carboxylic acids is 1. The molecule has 1 unspecified atom stereocenters. The molecule has 0 aliphatic heterocycles. The van der Waals surface area contributed by atoms with Crippen molar-refractivity contribution in [1.29, 1.82) is 0 Å². The zero-order valence-electron chi connectivity index (χ0n) is 18.5. The molecule has 1 amide bonds. The molecule has 3 aromatic rings. The number of carbonyl (C=O) groups excluding carboxylic acids is 1. The lowest BCUT2D eigenvalue weighted by atomic mass is 9.83. The van der Waals surface area contributed by atoms with Crippen LogP contribution in [-0.2, 0) is 12.8 Å². The van der Waals surface area contributed by atoms with E-state index in [1.54, 1.807) is 36.4 Å². The average molecular weight is 429 g/mol. The maximum Gasteiger partial charge on any atom is 0.335 e. The number of aromatic carboxylic acids is 1. The summed E-state index contributed by atoms with van der Waals surface area (Å²) >= 11 is 0. The van der Waals surface area contributed by atoms with Crippen molar-refractivity contribution < 1.29 is 14.7 Å². The van der Waals surface area contributed by atoms with Crippen molar-refractivity contribution >= 4 is 17.6 Å². The summed E-state index contributed by atoms with van der Waals surface area (Å²) in [6.07, 6.45) is 3.32. The number of benzene rings is 3. The van der Waals surface area contributed by atoms with Crippen LogP contribution >= 0.6 is 0 Å². The zero-order chi connectivity index (χ0) is 22.7. The lowest BCUT2D eigenvalue weighted by Crippen LogP contribution is -2.26. The Labute approximate surface area is 188 Å². The Morgan fingerprint density at radius 1 is 0.906 bits per heavy atom. The van der Waals surface area contributed by atoms with Crippen LogP contribution in [0.1, 0.15) is 38.3 Å². The van der Waals surface area contributed by atoms with Crippen molar-refractivity contribution in [1.82, 2.24) is 4.90 Å². The van der Waals surface area contributed by atoms with Gasteiger partial charge in [-0.3, -0.25) is 4.79 Å². The summed E-state index contributed by atoms with van der Waals surface area (Å²) < 4.78 is 0. The summed E-state index contributed by atoms with van der Waals surface area (Å²) in [7, 11) is 4.24. The van der Waals surface area contributed by atoms with Crippen LogP contribution in [0.5, 0.6) is 0 Å². The topological polar surface area (TPSA) is 69.6 Å².